The summed E-state index contributed by atoms with van der Waals surface area (Å²) in [5.41, 5.74) is 1.83. The molecular weight excluding hydrogens is 238 g/mol. The van der Waals surface area contributed by atoms with Crippen molar-refractivity contribution >= 4 is 5.91 Å². The Morgan fingerprint density at radius 1 is 1.37 bits per heavy atom. The van der Waals surface area contributed by atoms with Gasteiger partial charge in [-0.05, 0) is 38.7 Å². The van der Waals surface area contributed by atoms with Gasteiger partial charge in [-0.3, -0.25) is 4.79 Å². The lowest BCUT2D eigenvalue weighted by molar-refractivity contribution is 0.0931. The molecular formula is C16H21NO2. The van der Waals surface area contributed by atoms with Gasteiger partial charge in [-0.1, -0.05) is 19.1 Å². The smallest absolute Gasteiger partial charge is 0.255 e. The standard InChI is InChI=1S/C16H21NO2/c1-9-11(3)19-15-13(9)5-4-6-14(15)16(18)17-10(2)12-7-8-12/h4-6,9-12H,7-8H2,1-3H3,(H,17,18)/t9-,10-,11+/m0/s1. The molecule has 1 saturated carbocycles. The molecule has 0 bridgehead atoms. The first-order chi connectivity index (χ1) is 9.08. The van der Waals surface area contributed by atoms with E-state index in [-0.39, 0.29) is 18.1 Å². The van der Waals surface area contributed by atoms with Crippen LogP contribution in [-0.4, -0.2) is 18.1 Å². The Morgan fingerprint density at radius 2 is 2.11 bits per heavy atom. The summed E-state index contributed by atoms with van der Waals surface area (Å²) in [6, 6.07) is 6.14. The third-order valence-electron chi connectivity index (χ3n) is 4.48. The molecule has 0 spiro atoms. The SMILES string of the molecule is C[C@H](NC(=O)c1cccc2c1O[C@H](C)[C@@H]2C)C1CC1. The van der Waals surface area contributed by atoms with Crippen molar-refractivity contribution in [2.45, 2.75) is 51.7 Å². The van der Waals surface area contributed by atoms with E-state index in [2.05, 4.69) is 32.2 Å². The van der Waals surface area contributed by atoms with Crippen LogP contribution in [0.4, 0.5) is 0 Å². The fourth-order valence-electron chi connectivity index (χ4n) is 2.76. The van der Waals surface area contributed by atoms with Crippen LogP contribution in [-0.2, 0) is 0 Å². The number of hydrogen-bond donors (Lipinski definition) is 1. The molecule has 0 radical (unpaired) electrons. The van der Waals surface area contributed by atoms with Crippen molar-refractivity contribution in [2.24, 2.45) is 5.92 Å². The van der Waals surface area contributed by atoms with E-state index in [1.807, 2.05) is 12.1 Å². The van der Waals surface area contributed by atoms with Crippen LogP contribution >= 0.6 is 0 Å². The minimum absolute atomic E-state index is 0.00227. The van der Waals surface area contributed by atoms with Gasteiger partial charge in [0.05, 0.1) is 5.56 Å². The third-order valence-corrected chi connectivity index (χ3v) is 4.48. The molecule has 1 aliphatic carbocycles. The molecule has 3 nitrogen and oxygen atoms in total. The number of fused-ring (bicyclic) bond motifs is 1. The Morgan fingerprint density at radius 3 is 2.79 bits per heavy atom. The van der Waals surface area contributed by atoms with Gasteiger partial charge >= 0.3 is 0 Å². The van der Waals surface area contributed by atoms with E-state index >= 15 is 0 Å². The predicted molar refractivity (Wildman–Crippen MR) is 74.6 cm³/mol. The quantitative estimate of drug-likeness (QED) is 0.905. The monoisotopic (exact) mass is 259 g/mol. The Bertz CT molecular complexity index is 507. The fourth-order valence-corrected chi connectivity index (χ4v) is 2.76. The van der Waals surface area contributed by atoms with Crippen molar-refractivity contribution in [1.82, 2.24) is 5.32 Å². The summed E-state index contributed by atoms with van der Waals surface area (Å²) in [5.74, 6) is 1.80. The predicted octanol–water partition coefficient (Wildman–Crippen LogP) is 3.10. The molecule has 1 aromatic carbocycles. The molecule has 0 saturated heterocycles. The maximum Gasteiger partial charge on any atom is 0.255 e. The maximum atomic E-state index is 12.4. The van der Waals surface area contributed by atoms with Crippen molar-refractivity contribution in [1.29, 1.82) is 0 Å². The second-order valence-corrected chi connectivity index (χ2v) is 5.94. The van der Waals surface area contributed by atoms with Crippen molar-refractivity contribution in [3.8, 4) is 5.75 Å². The van der Waals surface area contributed by atoms with Gasteiger partial charge in [0, 0.05) is 17.5 Å². The molecule has 0 unspecified atom stereocenters. The van der Waals surface area contributed by atoms with Gasteiger partial charge in [-0.25, -0.2) is 0 Å². The van der Waals surface area contributed by atoms with Crippen LogP contribution in [0.5, 0.6) is 5.75 Å². The molecule has 19 heavy (non-hydrogen) atoms. The third kappa shape index (κ3) is 2.22. The Balaban J connectivity index is 1.83. The van der Waals surface area contributed by atoms with Crippen LogP contribution in [0.3, 0.4) is 0 Å². The van der Waals surface area contributed by atoms with E-state index in [9.17, 15) is 4.79 Å². The second-order valence-electron chi connectivity index (χ2n) is 5.94. The number of rotatable bonds is 3. The van der Waals surface area contributed by atoms with Gasteiger partial charge in [0.25, 0.3) is 5.91 Å². The summed E-state index contributed by atoms with van der Waals surface area (Å²) in [7, 11) is 0. The van der Waals surface area contributed by atoms with E-state index in [0.717, 1.165) is 11.3 Å². The molecule has 102 valence electrons. The number of hydrogen-bond acceptors (Lipinski definition) is 2. The highest BCUT2D eigenvalue weighted by Crippen LogP contribution is 2.40. The summed E-state index contributed by atoms with van der Waals surface area (Å²) in [6.07, 6.45) is 2.61. The maximum absolute atomic E-state index is 12.4. The van der Waals surface area contributed by atoms with Crippen LogP contribution in [0.1, 0.15) is 55.5 Å². The molecule has 3 atom stereocenters. The number of para-hydroxylation sites is 1. The highest BCUT2D eigenvalue weighted by atomic mass is 16.5. The molecule has 1 aromatic rings. The lowest BCUT2D eigenvalue weighted by Crippen LogP contribution is -2.34. The largest absolute Gasteiger partial charge is 0.489 e. The zero-order valence-corrected chi connectivity index (χ0v) is 11.8. The summed E-state index contributed by atoms with van der Waals surface area (Å²) in [5, 5.41) is 3.10. The van der Waals surface area contributed by atoms with E-state index in [1.165, 1.54) is 12.8 Å². The summed E-state index contributed by atoms with van der Waals surface area (Å²) in [6.45, 7) is 6.29. The van der Waals surface area contributed by atoms with Crippen molar-refractivity contribution < 1.29 is 9.53 Å². The van der Waals surface area contributed by atoms with E-state index in [1.54, 1.807) is 0 Å². The van der Waals surface area contributed by atoms with Crippen molar-refractivity contribution in [3.63, 3.8) is 0 Å². The molecule has 1 fully saturated rings. The minimum atomic E-state index is -0.00227. The van der Waals surface area contributed by atoms with Crippen LogP contribution in [0.15, 0.2) is 18.2 Å². The Kier molecular flexibility index (Phi) is 3.00. The molecule has 1 amide bonds. The van der Waals surface area contributed by atoms with Gasteiger partial charge in [0.2, 0.25) is 0 Å². The van der Waals surface area contributed by atoms with E-state index in [0.29, 0.717) is 17.4 Å². The highest BCUT2D eigenvalue weighted by molar-refractivity contribution is 5.97. The number of ether oxygens (including phenoxy) is 1. The van der Waals surface area contributed by atoms with Gasteiger partial charge in [0.1, 0.15) is 11.9 Å². The summed E-state index contributed by atoms with van der Waals surface area (Å²) < 4.78 is 5.87. The number of benzene rings is 1. The van der Waals surface area contributed by atoms with E-state index in [4.69, 9.17) is 4.74 Å². The molecule has 2 aliphatic rings. The zero-order chi connectivity index (χ0) is 13.6. The van der Waals surface area contributed by atoms with Gasteiger partial charge < -0.3 is 10.1 Å². The average Bonchev–Trinajstić information content (AvgIpc) is 3.18. The topological polar surface area (TPSA) is 38.3 Å². The fraction of sp³-hybridized carbons (Fsp3) is 0.562. The first-order valence-corrected chi connectivity index (χ1v) is 7.18. The molecule has 0 aromatic heterocycles. The first kappa shape index (κ1) is 12.5. The number of carbonyl (C=O) groups is 1. The molecule has 1 heterocycles. The van der Waals surface area contributed by atoms with E-state index < -0.39 is 0 Å². The zero-order valence-electron chi connectivity index (χ0n) is 11.8. The lowest BCUT2D eigenvalue weighted by atomic mass is 9.96. The summed E-state index contributed by atoms with van der Waals surface area (Å²) >= 11 is 0. The molecule has 3 heteroatoms. The second kappa shape index (κ2) is 4.55. The summed E-state index contributed by atoms with van der Waals surface area (Å²) in [4.78, 5) is 12.4. The molecule has 1 aliphatic heterocycles. The number of nitrogens with one attached hydrogen (secondary N) is 1. The van der Waals surface area contributed by atoms with Crippen LogP contribution in [0.2, 0.25) is 0 Å². The van der Waals surface area contributed by atoms with Crippen LogP contribution < -0.4 is 10.1 Å². The number of amides is 1. The van der Waals surface area contributed by atoms with Crippen molar-refractivity contribution in [2.75, 3.05) is 0 Å². The van der Waals surface area contributed by atoms with Gasteiger partial charge in [-0.2, -0.15) is 0 Å². The molecule has 3 rings (SSSR count). The van der Waals surface area contributed by atoms with Crippen LogP contribution in [0, 0.1) is 5.92 Å². The Hall–Kier alpha value is -1.51. The average molecular weight is 259 g/mol. The lowest BCUT2D eigenvalue weighted by Gasteiger charge is -2.14. The van der Waals surface area contributed by atoms with Gasteiger partial charge in [0.15, 0.2) is 0 Å². The van der Waals surface area contributed by atoms with Crippen LogP contribution in [0.25, 0.3) is 0 Å². The highest BCUT2D eigenvalue weighted by Gasteiger charge is 2.33. The Labute approximate surface area is 114 Å². The normalized spacial score (nSPS) is 26.5. The minimum Gasteiger partial charge on any atom is -0.489 e. The number of carbonyl (C=O) groups excluding carboxylic acids is 1. The first-order valence-electron chi connectivity index (χ1n) is 7.18. The van der Waals surface area contributed by atoms with Crippen molar-refractivity contribution in [3.05, 3.63) is 29.3 Å². The van der Waals surface area contributed by atoms with Gasteiger partial charge in [-0.15, -0.1) is 0 Å². The molecule has 1 N–H and O–H groups in total.